The lowest BCUT2D eigenvalue weighted by molar-refractivity contribution is -0.0306. The first-order valence-corrected chi connectivity index (χ1v) is 4.41. The van der Waals surface area contributed by atoms with Crippen molar-refractivity contribution >= 4 is 10.8 Å². The molecule has 0 spiro atoms. The highest BCUT2D eigenvalue weighted by molar-refractivity contribution is 5.79. The Kier molecular flexibility index (Phi) is 2.53. The molecule has 2 N–H and O–H groups in total. The summed E-state index contributed by atoms with van der Waals surface area (Å²) >= 11 is 0. The second-order valence-corrected chi connectivity index (χ2v) is 3.00. The van der Waals surface area contributed by atoms with Crippen LogP contribution in [0.3, 0.4) is 0 Å². The molecule has 1 aromatic heterocycles. The van der Waals surface area contributed by atoms with Gasteiger partial charge in [0.05, 0.1) is 10.8 Å². The van der Waals surface area contributed by atoms with Crippen molar-refractivity contribution in [3.63, 3.8) is 0 Å². The van der Waals surface area contributed by atoms with E-state index in [4.69, 9.17) is 5.21 Å². The molecule has 8 heteroatoms. The standard InChI is InChI=1S/C9H6N2O6/c12-7-5-3-1-2-4-6(5)8(13)11(15)17-9(14)16-10-7/h1-4,15H,(H,10,12). The van der Waals surface area contributed by atoms with Crippen molar-refractivity contribution in [2.75, 3.05) is 0 Å². The molecule has 0 saturated heterocycles. The van der Waals surface area contributed by atoms with Crippen molar-refractivity contribution in [2.24, 2.45) is 0 Å². The largest absolute Gasteiger partial charge is 0.561 e. The maximum absolute atomic E-state index is 11.6. The van der Waals surface area contributed by atoms with Gasteiger partial charge in [0, 0.05) is 4.90 Å². The van der Waals surface area contributed by atoms with Crippen molar-refractivity contribution in [3.05, 3.63) is 55.6 Å². The predicted molar refractivity (Wildman–Crippen MR) is 54.4 cm³/mol. The molecule has 0 bridgehead atoms. The van der Waals surface area contributed by atoms with E-state index in [2.05, 4.69) is 9.05 Å². The summed E-state index contributed by atoms with van der Waals surface area (Å²) < 4.78 is 8.19. The highest BCUT2D eigenvalue weighted by atomic mass is 16.8. The van der Waals surface area contributed by atoms with Crippen LogP contribution in [0, 0.1) is 0 Å². The summed E-state index contributed by atoms with van der Waals surface area (Å²) in [6, 6.07) is 5.61. The van der Waals surface area contributed by atoms with Crippen LogP contribution < -0.4 is 16.9 Å². The highest BCUT2D eigenvalue weighted by Crippen LogP contribution is 2.00. The number of benzene rings is 1. The van der Waals surface area contributed by atoms with Crippen molar-refractivity contribution in [1.82, 2.24) is 10.1 Å². The maximum atomic E-state index is 11.6. The van der Waals surface area contributed by atoms with Crippen molar-refractivity contribution in [1.29, 1.82) is 0 Å². The van der Waals surface area contributed by atoms with E-state index in [1.807, 2.05) is 0 Å². The number of aromatic nitrogens is 2. The van der Waals surface area contributed by atoms with E-state index in [1.165, 1.54) is 24.3 Å². The Morgan fingerprint density at radius 1 is 1.12 bits per heavy atom. The molecule has 8 nitrogen and oxygen atoms in total. The van der Waals surface area contributed by atoms with Crippen LogP contribution in [0.4, 0.5) is 0 Å². The third-order valence-corrected chi connectivity index (χ3v) is 1.96. The van der Waals surface area contributed by atoms with E-state index in [9.17, 15) is 14.4 Å². The minimum atomic E-state index is -1.44. The molecule has 2 rings (SSSR count). The van der Waals surface area contributed by atoms with E-state index < -0.39 is 16.9 Å². The number of H-pyrrole nitrogens is 1. The molecule has 0 fully saturated rings. The van der Waals surface area contributed by atoms with Gasteiger partial charge in [-0.25, -0.2) is 0 Å². The molecular weight excluding hydrogens is 232 g/mol. The summed E-state index contributed by atoms with van der Waals surface area (Å²) in [5.41, 5.74) is -1.86. The normalized spacial score (nSPS) is 10.1. The molecule has 0 saturated carbocycles. The number of hydrogen-bond acceptors (Lipinski definition) is 6. The minimum absolute atomic E-state index is 0.0603. The Hall–Kier alpha value is -2.77. The Morgan fingerprint density at radius 2 is 1.76 bits per heavy atom. The summed E-state index contributed by atoms with van der Waals surface area (Å²) in [5.74, 6) is -1.44. The quantitative estimate of drug-likeness (QED) is 0.602. The summed E-state index contributed by atoms with van der Waals surface area (Å²) in [7, 11) is 0. The SMILES string of the molecule is O=c1o[nH]c(=O)c2ccccc2c(=O)n(O)o1. The lowest BCUT2D eigenvalue weighted by atomic mass is 10.2. The average Bonchev–Trinajstić information content (AvgIpc) is 2.37. The molecule has 1 aromatic carbocycles. The lowest BCUT2D eigenvalue weighted by Gasteiger charge is -1.89. The number of aromatic amines is 1. The molecule has 0 radical (unpaired) electrons. The molecule has 88 valence electrons. The van der Waals surface area contributed by atoms with Gasteiger partial charge in [0.2, 0.25) is 0 Å². The second kappa shape index (κ2) is 4.00. The van der Waals surface area contributed by atoms with Crippen molar-refractivity contribution in [2.45, 2.75) is 0 Å². The molecule has 2 aromatic rings. The number of nitrogens with one attached hydrogen (secondary N) is 1. The van der Waals surface area contributed by atoms with Crippen LogP contribution in [0.25, 0.3) is 10.8 Å². The number of nitrogens with zero attached hydrogens (tertiary/aromatic N) is 1. The Morgan fingerprint density at radius 3 is 2.47 bits per heavy atom. The van der Waals surface area contributed by atoms with Gasteiger partial charge in [-0.15, -0.1) is 0 Å². The number of rotatable bonds is 0. The Bertz CT molecular complexity index is 776. The summed E-state index contributed by atoms with van der Waals surface area (Å²) in [4.78, 5) is 33.6. The van der Waals surface area contributed by atoms with E-state index in [1.54, 1.807) is 5.16 Å². The van der Waals surface area contributed by atoms with E-state index >= 15 is 0 Å². The monoisotopic (exact) mass is 238 g/mol. The van der Waals surface area contributed by atoms with Crippen molar-refractivity contribution < 1.29 is 14.3 Å². The zero-order chi connectivity index (χ0) is 12.4. The summed E-state index contributed by atoms with van der Waals surface area (Å²) in [6.45, 7) is 0. The fourth-order valence-corrected chi connectivity index (χ4v) is 1.24. The molecule has 0 aliphatic heterocycles. The zero-order valence-corrected chi connectivity index (χ0v) is 8.25. The topological polar surface area (TPSA) is 118 Å². The van der Waals surface area contributed by atoms with Gasteiger partial charge in [0.1, 0.15) is 0 Å². The minimum Gasteiger partial charge on any atom is -0.397 e. The molecule has 0 atom stereocenters. The smallest absolute Gasteiger partial charge is 0.397 e. The molecule has 0 unspecified atom stereocenters. The van der Waals surface area contributed by atoms with Crippen LogP contribution in [-0.2, 0) is 0 Å². The van der Waals surface area contributed by atoms with Crippen LogP contribution in [0.15, 0.2) is 47.7 Å². The van der Waals surface area contributed by atoms with Gasteiger partial charge in [0.25, 0.3) is 5.56 Å². The molecule has 17 heavy (non-hydrogen) atoms. The third kappa shape index (κ3) is 1.95. The van der Waals surface area contributed by atoms with Gasteiger partial charge >= 0.3 is 11.4 Å². The first kappa shape index (κ1) is 10.7. The van der Waals surface area contributed by atoms with Gasteiger partial charge in [-0.1, -0.05) is 12.1 Å². The first-order valence-electron chi connectivity index (χ1n) is 4.41. The maximum Gasteiger partial charge on any atom is 0.561 e. The first-order chi connectivity index (χ1) is 8.09. The molecule has 0 aliphatic carbocycles. The van der Waals surface area contributed by atoms with Crippen molar-refractivity contribution in [3.8, 4) is 0 Å². The summed E-state index contributed by atoms with van der Waals surface area (Å²) in [6.07, 6.45) is 0. The molecule has 0 aliphatic rings. The van der Waals surface area contributed by atoms with E-state index in [-0.39, 0.29) is 15.7 Å². The van der Waals surface area contributed by atoms with Crippen LogP contribution in [0.5, 0.6) is 0 Å². The third-order valence-electron chi connectivity index (χ3n) is 1.96. The van der Waals surface area contributed by atoms with E-state index in [0.29, 0.717) is 0 Å². The number of hydrogen-bond donors (Lipinski definition) is 2. The zero-order valence-electron chi connectivity index (χ0n) is 8.25. The Balaban J connectivity index is 3.24. The van der Waals surface area contributed by atoms with Crippen LogP contribution >= 0.6 is 0 Å². The fraction of sp³-hybridized carbons (Fsp3) is 0. The summed E-state index contributed by atoms with van der Waals surface area (Å²) in [5, 5.41) is 10.7. The van der Waals surface area contributed by atoms with Crippen LogP contribution in [0.2, 0.25) is 0 Å². The molecule has 1 heterocycles. The van der Waals surface area contributed by atoms with Gasteiger partial charge in [0.15, 0.2) is 0 Å². The van der Waals surface area contributed by atoms with Gasteiger partial charge in [-0.3, -0.25) is 14.1 Å². The fourth-order valence-electron chi connectivity index (χ4n) is 1.24. The van der Waals surface area contributed by atoms with Gasteiger partial charge in [-0.2, -0.15) is 9.95 Å². The van der Waals surface area contributed by atoms with Gasteiger partial charge in [-0.05, 0) is 12.1 Å². The highest BCUT2D eigenvalue weighted by Gasteiger charge is 2.02. The number of fused-ring (bicyclic) bond motifs is 1. The van der Waals surface area contributed by atoms with Crippen LogP contribution in [0.1, 0.15) is 0 Å². The van der Waals surface area contributed by atoms with Gasteiger partial charge < -0.3 is 9.73 Å². The predicted octanol–water partition coefficient (Wildman–Crippen LogP) is -0.402. The molecule has 0 amide bonds. The average molecular weight is 238 g/mol. The van der Waals surface area contributed by atoms with Crippen LogP contribution in [-0.4, -0.2) is 15.3 Å². The molecular formula is C9H6N2O6. The Labute approximate surface area is 91.5 Å². The second-order valence-electron chi connectivity index (χ2n) is 3.00. The lowest BCUT2D eigenvalue weighted by Crippen LogP contribution is -2.17. The van der Waals surface area contributed by atoms with E-state index in [0.717, 1.165) is 0 Å².